The van der Waals surface area contributed by atoms with Crippen LogP contribution >= 0.6 is 0 Å². The second-order valence-corrected chi connectivity index (χ2v) is 5.98. The Labute approximate surface area is 148 Å². The first-order valence-electron chi connectivity index (χ1n) is 8.48. The van der Waals surface area contributed by atoms with E-state index < -0.39 is 5.97 Å². The highest BCUT2D eigenvalue weighted by Gasteiger charge is 2.28. The first-order valence-corrected chi connectivity index (χ1v) is 8.48. The fraction of sp³-hybridized carbons (Fsp3) is 0.474. The van der Waals surface area contributed by atoms with Crippen LogP contribution < -0.4 is 14.8 Å². The van der Waals surface area contributed by atoms with Gasteiger partial charge in [-0.15, -0.1) is 0 Å². The van der Waals surface area contributed by atoms with Gasteiger partial charge in [-0.2, -0.15) is 0 Å². The van der Waals surface area contributed by atoms with Crippen LogP contribution in [0.25, 0.3) is 6.08 Å². The van der Waals surface area contributed by atoms with E-state index >= 15 is 0 Å². The Morgan fingerprint density at radius 1 is 1.32 bits per heavy atom. The minimum atomic E-state index is -0.568. The van der Waals surface area contributed by atoms with E-state index in [1.165, 1.54) is 6.08 Å². The molecule has 0 spiro atoms. The molecule has 0 heterocycles. The van der Waals surface area contributed by atoms with Crippen LogP contribution in [0.5, 0.6) is 11.5 Å². The van der Waals surface area contributed by atoms with Crippen LogP contribution in [0.2, 0.25) is 0 Å². The van der Waals surface area contributed by atoms with Crippen molar-refractivity contribution in [2.75, 3.05) is 20.3 Å². The van der Waals surface area contributed by atoms with Crippen LogP contribution in [-0.4, -0.2) is 38.2 Å². The number of rotatable bonds is 9. The number of amides is 1. The van der Waals surface area contributed by atoms with E-state index in [1.54, 1.807) is 31.4 Å². The van der Waals surface area contributed by atoms with E-state index in [1.807, 2.05) is 13.8 Å². The average molecular weight is 347 g/mol. The molecule has 0 bridgehead atoms. The molecule has 0 unspecified atom stereocenters. The lowest BCUT2D eigenvalue weighted by Gasteiger charge is -2.12. The van der Waals surface area contributed by atoms with Crippen molar-refractivity contribution >= 4 is 18.0 Å². The summed E-state index contributed by atoms with van der Waals surface area (Å²) in [5, 5.41) is 2.83. The summed E-state index contributed by atoms with van der Waals surface area (Å²) >= 11 is 0. The van der Waals surface area contributed by atoms with Crippen molar-refractivity contribution in [2.45, 2.75) is 32.7 Å². The van der Waals surface area contributed by atoms with Gasteiger partial charge in [-0.05, 0) is 56.4 Å². The second-order valence-electron chi connectivity index (χ2n) is 5.98. The summed E-state index contributed by atoms with van der Waals surface area (Å²) in [6.07, 6.45) is 5.18. The van der Waals surface area contributed by atoms with E-state index in [0.717, 1.165) is 18.4 Å². The van der Waals surface area contributed by atoms with Gasteiger partial charge in [0.25, 0.3) is 5.91 Å². The first kappa shape index (κ1) is 18.8. The van der Waals surface area contributed by atoms with Gasteiger partial charge >= 0.3 is 5.97 Å². The number of carbonyl (C=O) groups excluding carboxylic acids is 2. The van der Waals surface area contributed by atoms with Crippen LogP contribution in [0.1, 0.15) is 32.3 Å². The van der Waals surface area contributed by atoms with Crippen molar-refractivity contribution in [1.82, 2.24) is 5.32 Å². The number of esters is 1. The molecule has 2 rings (SSSR count). The van der Waals surface area contributed by atoms with Gasteiger partial charge in [0.2, 0.25) is 0 Å². The van der Waals surface area contributed by atoms with Crippen molar-refractivity contribution in [1.29, 1.82) is 0 Å². The summed E-state index contributed by atoms with van der Waals surface area (Å²) in [4.78, 5) is 23.4. The van der Waals surface area contributed by atoms with Gasteiger partial charge in [-0.25, -0.2) is 4.79 Å². The lowest BCUT2D eigenvalue weighted by atomic mass is 10.2. The Morgan fingerprint density at radius 2 is 2.08 bits per heavy atom. The normalized spacial score (nSPS) is 14.8. The molecule has 1 saturated carbocycles. The lowest BCUT2D eigenvalue weighted by Crippen LogP contribution is -2.36. The average Bonchev–Trinajstić information content (AvgIpc) is 3.44. The molecule has 0 saturated heterocycles. The van der Waals surface area contributed by atoms with Crippen LogP contribution in [0, 0.1) is 5.92 Å². The molecule has 1 aliphatic carbocycles. The quantitative estimate of drug-likeness (QED) is 0.549. The molecule has 0 aromatic heterocycles. The third kappa shape index (κ3) is 6.14. The van der Waals surface area contributed by atoms with E-state index in [2.05, 4.69) is 5.32 Å². The maximum absolute atomic E-state index is 11.7. The zero-order chi connectivity index (χ0) is 18.2. The third-order valence-electron chi connectivity index (χ3n) is 3.96. The van der Waals surface area contributed by atoms with Crippen molar-refractivity contribution < 1.29 is 23.8 Å². The number of hydrogen-bond donors (Lipinski definition) is 1. The molecule has 136 valence electrons. The molecule has 1 amide bonds. The van der Waals surface area contributed by atoms with Gasteiger partial charge in [0, 0.05) is 12.1 Å². The van der Waals surface area contributed by atoms with E-state index in [4.69, 9.17) is 14.2 Å². The molecule has 0 radical (unpaired) electrons. The van der Waals surface area contributed by atoms with Gasteiger partial charge in [0.15, 0.2) is 18.1 Å². The number of carbonyl (C=O) groups is 2. The third-order valence-corrected chi connectivity index (χ3v) is 3.96. The summed E-state index contributed by atoms with van der Waals surface area (Å²) in [6, 6.07) is 5.48. The number of nitrogens with one attached hydrogen (secondary N) is 1. The predicted octanol–water partition coefficient (Wildman–Crippen LogP) is 2.57. The van der Waals surface area contributed by atoms with E-state index in [9.17, 15) is 9.59 Å². The molecule has 25 heavy (non-hydrogen) atoms. The van der Waals surface area contributed by atoms with Gasteiger partial charge in [-0.1, -0.05) is 6.07 Å². The summed E-state index contributed by atoms with van der Waals surface area (Å²) in [5.41, 5.74) is 0.768. The van der Waals surface area contributed by atoms with Crippen molar-refractivity contribution in [3.05, 3.63) is 29.8 Å². The van der Waals surface area contributed by atoms with Crippen LogP contribution in [-0.2, 0) is 14.3 Å². The molecular weight excluding hydrogens is 322 g/mol. The highest BCUT2D eigenvalue weighted by Crippen LogP contribution is 2.32. The highest BCUT2D eigenvalue weighted by atomic mass is 16.5. The second kappa shape index (κ2) is 9.11. The molecule has 1 atom stereocenters. The maximum atomic E-state index is 11.7. The summed E-state index contributed by atoms with van der Waals surface area (Å²) < 4.78 is 15.7. The monoisotopic (exact) mass is 347 g/mol. The first-order chi connectivity index (χ1) is 12.0. The Bertz CT molecular complexity index is 637. The van der Waals surface area contributed by atoms with Gasteiger partial charge < -0.3 is 19.5 Å². The molecule has 1 aromatic rings. The molecule has 0 aliphatic heterocycles. The van der Waals surface area contributed by atoms with Gasteiger partial charge in [0.1, 0.15) is 0 Å². The fourth-order valence-electron chi connectivity index (χ4n) is 2.42. The molecule has 1 N–H and O–H groups in total. The molecule has 1 aromatic carbocycles. The Morgan fingerprint density at radius 3 is 2.72 bits per heavy atom. The zero-order valence-corrected chi connectivity index (χ0v) is 14.9. The lowest BCUT2D eigenvalue weighted by molar-refractivity contribution is -0.144. The highest BCUT2D eigenvalue weighted by molar-refractivity contribution is 5.89. The Hall–Kier alpha value is -2.50. The summed E-state index contributed by atoms with van der Waals surface area (Å²) in [7, 11) is 1.56. The standard InChI is InChI=1S/C19H25NO5/c1-4-24-16-9-5-14(11-17(16)23-3)6-10-19(22)25-12-18(21)20-13(2)15-7-8-15/h5-6,9-11,13,15H,4,7-8,12H2,1-3H3,(H,20,21)/b10-6+/t13-/m0/s1. The van der Waals surface area contributed by atoms with Crippen LogP contribution in [0.4, 0.5) is 0 Å². The number of hydrogen-bond acceptors (Lipinski definition) is 5. The molecule has 1 aliphatic rings. The van der Waals surface area contributed by atoms with Gasteiger partial charge in [-0.3, -0.25) is 4.79 Å². The molecule has 6 nitrogen and oxygen atoms in total. The molecular formula is C19H25NO5. The predicted molar refractivity (Wildman–Crippen MR) is 94.5 cm³/mol. The number of methoxy groups -OCH3 is 1. The van der Waals surface area contributed by atoms with Gasteiger partial charge in [0.05, 0.1) is 13.7 Å². The molecule has 6 heteroatoms. The minimum absolute atomic E-state index is 0.137. The number of ether oxygens (including phenoxy) is 3. The summed E-state index contributed by atoms with van der Waals surface area (Å²) in [5.74, 6) is 0.956. The fourth-order valence-corrected chi connectivity index (χ4v) is 2.42. The largest absolute Gasteiger partial charge is 0.493 e. The van der Waals surface area contributed by atoms with E-state index in [-0.39, 0.29) is 18.6 Å². The summed E-state index contributed by atoms with van der Waals surface area (Å²) in [6.45, 7) is 4.13. The topological polar surface area (TPSA) is 73.9 Å². The van der Waals surface area contributed by atoms with Crippen molar-refractivity contribution in [3.8, 4) is 11.5 Å². The van der Waals surface area contributed by atoms with Crippen LogP contribution in [0.3, 0.4) is 0 Å². The van der Waals surface area contributed by atoms with Crippen molar-refractivity contribution in [3.63, 3.8) is 0 Å². The van der Waals surface area contributed by atoms with E-state index in [0.29, 0.717) is 24.0 Å². The Balaban J connectivity index is 1.81. The van der Waals surface area contributed by atoms with Crippen LogP contribution in [0.15, 0.2) is 24.3 Å². The number of benzene rings is 1. The maximum Gasteiger partial charge on any atom is 0.331 e. The Kier molecular flexibility index (Phi) is 6.86. The smallest absolute Gasteiger partial charge is 0.331 e. The van der Waals surface area contributed by atoms with Crippen molar-refractivity contribution in [2.24, 2.45) is 5.92 Å². The SMILES string of the molecule is CCOc1ccc(/C=C/C(=O)OCC(=O)N[C@@H](C)C2CC2)cc1OC. The zero-order valence-electron chi connectivity index (χ0n) is 14.9. The minimum Gasteiger partial charge on any atom is -0.493 e. The molecule has 1 fully saturated rings.